The highest BCUT2D eigenvalue weighted by Gasteiger charge is 2.18. The lowest BCUT2D eigenvalue weighted by atomic mass is 10.1. The fraction of sp³-hybridized carbons (Fsp3) is 0.643. The summed E-state index contributed by atoms with van der Waals surface area (Å²) in [5, 5.41) is 3.23. The molecule has 0 bridgehead atoms. The highest BCUT2D eigenvalue weighted by Crippen LogP contribution is 2.20. The van der Waals surface area contributed by atoms with Gasteiger partial charge in [0.05, 0.1) is 0 Å². The summed E-state index contributed by atoms with van der Waals surface area (Å²) in [7, 11) is 4.12. The molecule has 1 aliphatic rings. The molecule has 1 aromatic heterocycles. The number of piperidine rings is 1. The Bertz CT molecular complexity index is 375. The lowest BCUT2D eigenvalue weighted by Crippen LogP contribution is -2.35. The largest absolute Gasteiger partial charge is 0.474 e. The van der Waals surface area contributed by atoms with E-state index >= 15 is 0 Å². The quantitative estimate of drug-likeness (QED) is 0.883. The minimum Gasteiger partial charge on any atom is -0.474 e. The monoisotopic (exact) mass is 249 g/mol. The molecule has 100 valence electrons. The molecule has 2 heterocycles. The average Bonchev–Trinajstić information content (AvgIpc) is 2.41. The van der Waals surface area contributed by atoms with Gasteiger partial charge in [0.25, 0.3) is 0 Å². The van der Waals surface area contributed by atoms with Gasteiger partial charge >= 0.3 is 0 Å². The Labute approximate surface area is 109 Å². The first-order valence-electron chi connectivity index (χ1n) is 6.67. The molecule has 18 heavy (non-hydrogen) atoms. The molecule has 1 N–H and O–H groups in total. The number of hydrogen-bond acceptors (Lipinski definition) is 4. The van der Waals surface area contributed by atoms with Crippen LogP contribution in [0, 0.1) is 0 Å². The molecule has 0 spiro atoms. The van der Waals surface area contributed by atoms with Gasteiger partial charge in [-0.25, -0.2) is 4.98 Å². The van der Waals surface area contributed by atoms with Gasteiger partial charge in [0.15, 0.2) is 0 Å². The van der Waals surface area contributed by atoms with E-state index in [0.717, 1.165) is 31.8 Å². The van der Waals surface area contributed by atoms with Crippen molar-refractivity contribution in [1.29, 1.82) is 0 Å². The van der Waals surface area contributed by atoms with Gasteiger partial charge in [-0.15, -0.1) is 0 Å². The van der Waals surface area contributed by atoms with E-state index in [-0.39, 0.29) is 0 Å². The number of ether oxygens (including phenoxy) is 1. The third-order valence-corrected chi connectivity index (χ3v) is 3.64. The molecule has 0 aromatic carbocycles. The molecule has 1 saturated heterocycles. The zero-order valence-electron chi connectivity index (χ0n) is 11.5. The number of hydrogen-bond donors (Lipinski definition) is 1. The van der Waals surface area contributed by atoms with Crippen molar-refractivity contribution in [3.05, 3.63) is 23.9 Å². The highest BCUT2D eigenvalue weighted by molar-refractivity contribution is 5.23. The van der Waals surface area contributed by atoms with Crippen LogP contribution >= 0.6 is 0 Å². The van der Waals surface area contributed by atoms with Crippen LogP contribution in [-0.4, -0.2) is 43.2 Å². The van der Waals surface area contributed by atoms with Gasteiger partial charge in [0, 0.05) is 31.4 Å². The van der Waals surface area contributed by atoms with E-state index in [0.29, 0.717) is 12.1 Å². The van der Waals surface area contributed by atoms with Crippen molar-refractivity contribution in [2.45, 2.75) is 31.9 Å². The lowest BCUT2D eigenvalue weighted by molar-refractivity contribution is 0.110. The molecular formula is C14H23N3O. The van der Waals surface area contributed by atoms with E-state index in [2.05, 4.69) is 29.2 Å². The van der Waals surface area contributed by atoms with Crippen molar-refractivity contribution in [2.75, 3.05) is 27.2 Å². The number of nitrogens with zero attached hydrogens (tertiary/aromatic N) is 2. The van der Waals surface area contributed by atoms with Crippen LogP contribution in [0.3, 0.4) is 0 Å². The van der Waals surface area contributed by atoms with Crippen LogP contribution < -0.4 is 10.1 Å². The maximum absolute atomic E-state index is 5.97. The second-order valence-electron chi connectivity index (χ2n) is 5.06. The summed E-state index contributed by atoms with van der Waals surface area (Å²) in [4.78, 5) is 6.65. The molecule has 0 amide bonds. The van der Waals surface area contributed by atoms with E-state index in [1.807, 2.05) is 25.4 Å². The minimum atomic E-state index is 0.314. The number of aromatic nitrogens is 1. The van der Waals surface area contributed by atoms with E-state index < -0.39 is 0 Å². The second-order valence-corrected chi connectivity index (χ2v) is 5.06. The zero-order chi connectivity index (χ0) is 13.0. The van der Waals surface area contributed by atoms with Crippen LogP contribution in [0.25, 0.3) is 0 Å². The first-order chi connectivity index (χ1) is 8.69. The molecule has 1 aromatic rings. The molecule has 1 fully saturated rings. The van der Waals surface area contributed by atoms with Crippen LogP contribution in [0.5, 0.6) is 5.88 Å². The Balaban J connectivity index is 1.96. The molecule has 0 aliphatic carbocycles. The summed E-state index contributed by atoms with van der Waals surface area (Å²) >= 11 is 0. The maximum atomic E-state index is 5.97. The average molecular weight is 249 g/mol. The van der Waals surface area contributed by atoms with Gasteiger partial charge in [-0.2, -0.15) is 0 Å². The predicted molar refractivity (Wildman–Crippen MR) is 72.9 cm³/mol. The zero-order valence-corrected chi connectivity index (χ0v) is 11.5. The van der Waals surface area contributed by atoms with Crippen LogP contribution in [-0.2, 0) is 0 Å². The van der Waals surface area contributed by atoms with E-state index in [4.69, 9.17) is 4.74 Å². The standard InChI is InChI=1S/C14H23N3O/c1-11(15-2)12-4-7-16-14(10-12)18-13-5-8-17(3)9-6-13/h4,7,10-11,13,15H,5-6,8-9H2,1-3H3. The summed E-state index contributed by atoms with van der Waals surface area (Å²) in [6.45, 7) is 4.35. The number of pyridine rings is 1. The van der Waals surface area contributed by atoms with Crippen molar-refractivity contribution in [3.8, 4) is 5.88 Å². The molecule has 0 radical (unpaired) electrons. The first-order valence-corrected chi connectivity index (χ1v) is 6.67. The van der Waals surface area contributed by atoms with Crippen molar-refractivity contribution in [1.82, 2.24) is 15.2 Å². The molecule has 4 heteroatoms. The van der Waals surface area contributed by atoms with Gasteiger partial charge in [0.2, 0.25) is 5.88 Å². The first kappa shape index (κ1) is 13.3. The molecule has 1 aliphatic heterocycles. The summed E-state index contributed by atoms with van der Waals surface area (Å²) in [6, 6.07) is 4.40. The van der Waals surface area contributed by atoms with Crippen LogP contribution in [0.2, 0.25) is 0 Å². The van der Waals surface area contributed by atoms with Crippen LogP contribution in [0.4, 0.5) is 0 Å². The second kappa shape index (κ2) is 6.16. The van der Waals surface area contributed by atoms with Gasteiger partial charge in [0.1, 0.15) is 6.10 Å². The normalized spacial score (nSPS) is 19.7. The SMILES string of the molecule is CNC(C)c1ccnc(OC2CCN(C)CC2)c1. The van der Waals surface area contributed by atoms with E-state index in [1.54, 1.807) is 0 Å². The van der Waals surface area contributed by atoms with Gasteiger partial charge < -0.3 is 15.0 Å². The van der Waals surface area contributed by atoms with Gasteiger partial charge in [-0.1, -0.05) is 0 Å². The Hall–Kier alpha value is -1.13. The minimum absolute atomic E-state index is 0.314. The fourth-order valence-electron chi connectivity index (χ4n) is 2.20. The Morgan fingerprint density at radius 3 is 2.83 bits per heavy atom. The van der Waals surface area contributed by atoms with Crippen LogP contribution in [0.15, 0.2) is 18.3 Å². The van der Waals surface area contributed by atoms with Crippen molar-refractivity contribution in [2.24, 2.45) is 0 Å². The van der Waals surface area contributed by atoms with E-state index in [9.17, 15) is 0 Å². The highest BCUT2D eigenvalue weighted by atomic mass is 16.5. The summed E-state index contributed by atoms with van der Waals surface area (Å²) in [6.07, 6.45) is 4.32. The predicted octanol–water partition coefficient (Wildman–Crippen LogP) is 1.83. The van der Waals surface area contributed by atoms with Crippen molar-refractivity contribution < 1.29 is 4.74 Å². The number of rotatable bonds is 4. The lowest BCUT2D eigenvalue weighted by Gasteiger charge is -2.29. The molecule has 1 atom stereocenters. The van der Waals surface area contributed by atoms with E-state index in [1.165, 1.54) is 5.56 Å². The van der Waals surface area contributed by atoms with Crippen LogP contribution in [0.1, 0.15) is 31.4 Å². The summed E-state index contributed by atoms with van der Waals surface area (Å²) < 4.78 is 5.97. The third-order valence-electron chi connectivity index (χ3n) is 3.64. The Morgan fingerprint density at radius 1 is 1.44 bits per heavy atom. The molecule has 4 nitrogen and oxygen atoms in total. The van der Waals surface area contributed by atoms with Crippen molar-refractivity contribution >= 4 is 0 Å². The topological polar surface area (TPSA) is 37.4 Å². The Kier molecular flexibility index (Phi) is 4.55. The van der Waals surface area contributed by atoms with Gasteiger partial charge in [-0.05, 0) is 45.5 Å². The number of likely N-dealkylation sites (tertiary alicyclic amines) is 1. The summed E-state index contributed by atoms with van der Waals surface area (Å²) in [5.74, 6) is 0.754. The molecule has 0 saturated carbocycles. The smallest absolute Gasteiger partial charge is 0.213 e. The van der Waals surface area contributed by atoms with Gasteiger partial charge in [-0.3, -0.25) is 0 Å². The Morgan fingerprint density at radius 2 is 2.17 bits per heavy atom. The maximum Gasteiger partial charge on any atom is 0.213 e. The summed E-state index contributed by atoms with van der Waals surface area (Å²) in [5.41, 5.74) is 1.22. The third kappa shape index (κ3) is 3.43. The molecule has 2 rings (SSSR count). The number of nitrogens with one attached hydrogen (secondary N) is 1. The van der Waals surface area contributed by atoms with Crippen molar-refractivity contribution in [3.63, 3.8) is 0 Å². The molecule has 1 unspecified atom stereocenters. The fourth-order valence-corrected chi connectivity index (χ4v) is 2.20. The molecular weight excluding hydrogens is 226 g/mol.